The van der Waals surface area contributed by atoms with E-state index in [1.165, 1.54) is 0 Å². The molecule has 0 radical (unpaired) electrons. The van der Waals surface area contributed by atoms with Gasteiger partial charge < -0.3 is 9.30 Å². The Bertz CT molecular complexity index is 561. The summed E-state index contributed by atoms with van der Waals surface area (Å²) in [5, 5.41) is 0. The Morgan fingerprint density at radius 2 is 2.16 bits per heavy atom. The zero-order valence-electron chi connectivity index (χ0n) is 11.3. The lowest BCUT2D eigenvalue weighted by Crippen LogP contribution is -2.06. The third-order valence-electron chi connectivity index (χ3n) is 2.90. The van der Waals surface area contributed by atoms with Crippen molar-refractivity contribution in [3.8, 4) is 5.75 Å². The van der Waals surface area contributed by atoms with Gasteiger partial charge in [0.1, 0.15) is 12.4 Å². The fourth-order valence-corrected chi connectivity index (χ4v) is 1.95. The Kier molecular flexibility index (Phi) is 4.34. The normalized spacial score (nSPS) is 10.4. The van der Waals surface area contributed by atoms with E-state index in [1.807, 2.05) is 18.2 Å². The van der Waals surface area contributed by atoms with E-state index in [4.69, 9.17) is 4.74 Å². The van der Waals surface area contributed by atoms with Gasteiger partial charge in [-0.05, 0) is 25.5 Å². The monoisotopic (exact) mass is 258 g/mol. The van der Waals surface area contributed by atoms with Crippen LogP contribution in [-0.2, 0) is 13.2 Å². The number of carbonyl (C=O) groups excluding carboxylic acids is 1. The highest BCUT2D eigenvalue weighted by atomic mass is 16.5. The molecule has 4 heteroatoms. The van der Waals surface area contributed by atoms with Crippen molar-refractivity contribution in [2.45, 2.75) is 33.4 Å². The molecule has 2 rings (SSSR count). The van der Waals surface area contributed by atoms with Gasteiger partial charge in [-0.15, -0.1) is 0 Å². The van der Waals surface area contributed by atoms with Crippen LogP contribution < -0.4 is 4.74 Å². The second-order valence-corrected chi connectivity index (χ2v) is 4.42. The lowest BCUT2D eigenvalue weighted by molar-refractivity contribution is 0.101. The lowest BCUT2D eigenvalue weighted by atomic mass is 10.1. The third kappa shape index (κ3) is 3.22. The van der Waals surface area contributed by atoms with Crippen LogP contribution in [0.1, 0.15) is 36.3 Å². The van der Waals surface area contributed by atoms with Crippen molar-refractivity contribution >= 4 is 5.78 Å². The van der Waals surface area contributed by atoms with Gasteiger partial charge in [0.15, 0.2) is 5.78 Å². The van der Waals surface area contributed by atoms with Crippen molar-refractivity contribution in [3.05, 3.63) is 48.0 Å². The molecular weight excluding hydrogens is 240 g/mol. The Morgan fingerprint density at radius 1 is 1.37 bits per heavy atom. The second kappa shape index (κ2) is 6.18. The number of Topliss-reactive ketones (excluding diaryl/α,β-unsaturated/α-hetero) is 1. The molecule has 0 fully saturated rings. The summed E-state index contributed by atoms with van der Waals surface area (Å²) in [6.45, 7) is 5.01. The van der Waals surface area contributed by atoms with Crippen molar-refractivity contribution in [1.29, 1.82) is 0 Å². The van der Waals surface area contributed by atoms with E-state index in [0.717, 1.165) is 18.7 Å². The fourth-order valence-electron chi connectivity index (χ4n) is 1.95. The second-order valence-electron chi connectivity index (χ2n) is 4.42. The number of para-hydroxylation sites is 1. The standard InChI is InChI=1S/C15H18N2O2/c1-3-8-17-11-16-9-13(17)10-19-15-7-5-4-6-14(15)12(2)18/h4-7,9,11H,3,8,10H2,1-2H3. The number of rotatable bonds is 6. The number of nitrogens with zero attached hydrogens (tertiary/aromatic N) is 2. The van der Waals surface area contributed by atoms with Gasteiger partial charge in [-0.25, -0.2) is 4.98 Å². The summed E-state index contributed by atoms with van der Waals surface area (Å²) >= 11 is 0. The average molecular weight is 258 g/mol. The molecule has 100 valence electrons. The van der Waals surface area contributed by atoms with Gasteiger partial charge in [-0.1, -0.05) is 19.1 Å². The smallest absolute Gasteiger partial charge is 0.163 e. The quantitative estimate of drug-likeness (QED) is 0.748. The molecule has 2 aromatic rings. The number of hydrogen-bond donors (Lipinski definition) is 0. The highest BCUT2D eigenvalue weighted by Crippen LogP contribution is 2.19. The molecule has 0 saturated carbocycles. The molecule has 0 bridgehead atoms. The maximum atomic E-state index is 11.5. The van der Waals surface area contributed by atoms with Gasteiger partial charge in [0, 0.05) is 6.54 Å². The van der Waals surface area contributed by atoms with Gasteiger partial charge in [0.05, 0.1) is 23.8 Å². The summed E-state index contributed by atoms with van der Waals surface area (Å²) in [7, 11) is 0. The van der Waals surface area contributed by atoms with Crippen LogP contribution in [0.25, 0.3) is 0 Å². The van der Waals surface area contributed by atoms with Crippen LogP contribution in [0.4, 0.5) is 0 Å². The number of carbonyl (C=O) groups is 1. The van der Waals surface area contributed by atoms with Gasteiger partial charge >= 0.3 is 0 Å². The number of ether oxygens (including phenoxy) is 1. The molecule has 1 heterocycles. The Morgan fingerprint density at radius 3 is 2.89 bits per heavy atom. The summed E-state index contributed by atoms with van der Waals surface area (Å²) < 4.78 is 7.81. The zero-order chi connectivity index (χ0) is 13.7. The van der Waals surface area contributed by atoms with Gasteiger partial charge in [-0.3, -0.25) is 4.79 Å². The number of ketones is 1. The first-order valence-electron chi connectivity index (χ1n) is 6.44. The molecule has 0 aliphatic heterocycles. The Hall–Kier alpha value is -2.10. The summed E-state index contributed by atoms with van der Waals surface area (Å²) in [6.07, 6.45) is 4.65. The molecule has 0 spiro atoms. The van der Waals surface area contributed by atoms with Gasteiger partial charge in [0.2, 0.25) is 0 Å². The summed E-state index contributed by atoms with van der Waals surface area (Å²) in [4.78, 5) is 15.6. The molecule has 0 unspecified atom stereocenters. The minimum atomic E-state index is 0.0117. The molecule has 1 aromatic heterocycles. The van der Waals surface area contributed by atoms with Gasteiger partial charge in [-0.2, -0.15) is 0 Å². The predicted molar refractivity (Wildman–Crippen MR) is 73.3 cm³/mol. The van der Waals surface area contributed by atoms with Crippen molar-refractivity contribution in [3.63, 3.8) is 0 Å². The highest BCUT2D eigenvalue weighted by Gasteiger charge is 2.08. The van der Waals surface area contributed by atoms with E-state index in [9.17, 15) is 4.79 Å². The van der Waals surface area contributed by atoms with Crippen LogP contribution in [0, 0.1) is 0 Å². The van der Waals surface area contributed by atoms with E-state index in [0.29, 0.717) is 17.9 Å². The van der Waals surface area contributed by atoms with Crippen molar-refractivity contribution in [1.82, 2.24) is 9.55 Å². The summed E-state index contributed by atoms with van der Waals surface area (Å²) in [6, 6.07) is 7.30. The largest absolute Gasteiger partial charge is 0.487 e. The molecule has 19 heavy (non-hydrogen) atoms. The van der Waals surface area contributed by atoms with Crippen LogP contribution in [0.15, 0.2) is 36.8 Å². The number of benzene rings is 1. The van der Waals surface area contributed by atoms with E-state index >= 15 is 0 Å². The SMILES string of the molecule is CCCn1cncc1COc1ccccc1C(C)=O. The first-order valence-corrected chi connectivity index (χ1v) is 6.44. The molecule has 4 nitrogen and oxygen atoms in total. The zero-order valence-corrected chi connectivity index (χ0v) is 11.3. The summed E-state index contributed by atoms with van der Waals surface area (Å²) in [5.74, 6) is 0.636. The highest BCUT2D eigenvalue weighted by molar-refractivity contribution is 5.96. The molecule has 0 aliphatic carbocycles. The van der Waals surface area contributed by atoms with E-state index in [2.05, 4.69) is 16.5 Å². The Balaban J connectivity index is 2.10. The fraction of sp³-hybridized carbons (Fsp3) is 0.333. The first kappa shape index (κ1) is 13.3. The topological polar surface area (TPSA) is 44.1 Å². The van der Waals surface area contributed by atoms with Crippen LogP contribution >= 0.6 is 0 Å². The summed E-state index contributed by atoms with van der Waals surface area (Å²) in [5.41, 5.74) is 1.63. The first-order chi connectivity index (χ1) is 9.22. The van der Waals surface area contributed by atoms with Crippen molar-refractivity contribution < 1.29 is 9.53 Å². The minimum Gasteiger partial charge on any atom is -0.487 e. The van der Waals surface area contributed by atoms with E-state index in [1.54, 1.807) is 25.5 Å². The van der Waals surface area contributed by atoms with E-state index in [-0.39, 0.29) is 5.78 Å². The third-order valence-corrected chi connectivity index (χ3v) is 2.90. The van der Waals surface area contributed by atoms with Crippen LogP contribution in [0.3, 0.4) is 0 Å². The maximum Gasteiger partial charge on any atom is 0.163 e. The molecule has 0 atom stereocenters. The van der Waals surface area contributed by atoms with Gasteiger partial charge in [0.25, 0.3) is 0 Å². The minimum absolute atomic E-state index is 0.0117. The van der Waals surface area contributed by atoms with E-state index < -0.39 is 0 Å². The van der Waals surface area contributed by atoms with Crippen molar-refractivity contribution in [2.24, 2.45) is 0 Å². The van der Waals surface area contributed by atoms with Crippen LogP contribution in [-0.4, -0.2) is 15.3 Å². The molecule has 0 amide bonds. The molecule has 0 N–H and O–H groups in total. The predicted octanol–water partition coefficient (Wildman–Crippen LogP) is 3.07. The van der Waals surface area contributed by atoms with Crippen molar-refractivity contribution in [2.75, 3.05) is 0 Å². The molecule has 0 aliphatic rings. The molecule has 1 aromatic carbocycles. The number of aryl methyl sites for hydroxylation is 1. The molecular formula is C15H18N2O2. The average Bonchev–Trinajstić information content (AvgIpc) is 2.84. The molecule has 0 saturated heterocycles. The number of hydrogen-bond acceptors (Lipinski definition) is 3. The Labute approximate surface area is 113 Å². The van der Waals surface area contributed by atoms with Crippen LogP contribution in [0.5, 0.6) is 5.75 Å². The lowest BCUT2D eigenvalue weighted by Gasteiger charge is -2.11. The van der Waals surface area contributed by atoms with Crippen LogP contribution in [0.2, 0.25) is 0 Å². The maximum absolute atomic E-state index is 11.5. The number of aromatic nitrogens is 2. The number of imidazole rings is 1.